The van der Waals surface area contributed by atoms with Crippen molar-refractivity contribution < 1.29 is 14.1 Å². The molecule has 1 saturated heterocycles. The van der Waals surface area contributed by atoms with Crippen molar-refractivity contribution in [3.8, 4) is 11.4 Å². The molecule has 0 atom stereocenters. The number of ether oxygens (including phenoxy) is 1. The third kappa shape index (κ3) is 5.65. The van der Waals surface area contributed by atoms with Crippen molar-refractivity contribution in [1.29, 1.82) is 0 Å². The van der Waals surface area contributed by atoms with E-state index in [2.05, 4.69) is 56.4 Å². The number of esters is 1. The summed E-state index contributed by atoms with van der Waals surface area (Å²) < 4.78 is 10.2. The maximum Gasteiger partial charge on any atom is 0.337 e. The Morgan fingerprint density at radius 3 is 2.45 bits per heavy atom. The standard InChI is InChI=1S/C24H26N4O3/c1-30-24(29)21-11-9-20(10-12-21)23-25-22(31-26-23)18-28-16-14-27(15-17-28)13-5-8-19-6-3-2-4-7-19/h2-12H,13-18H2,1H3/b8-5+. The molecule has 1 aliphatic rings. The smallest absolute Gasteiger partial charge is 0.337 e. The Morgan fingerprint density at radius 1 is 1.03 bits per heavy atom. The van der Waals surface area contributed by atoms with Crippen molar-refractivity contribution in [3.05, 3.63) is 77.7 Å². The number of rotatable bonds is 7. The third-order valence-electron chi connectivity index (χ3n) is 5.33. The average molecular weight is 418 g/mol. The number of piperazine rings is 1. The first kappa shape index (κ1) is 21.0. The van der Waals surface area contributed by atoms with Crippen molar-refractivity contribution in [3.63, 3.8) is 0 Å². The number of methoxy groups -OCH3 is 1. The summed E-state index contributed by atoms with van der Waals surface area (Å²) in [7, 11) is 1.36. The van der Waals surface area contributed by atoms with Crippen LogP contribution in [0.15, 0.2) is 65.2 Å². The number of nitrogens with zero attached hydrogens (tertiary/aromatic N) is 4. The van der Waals surface area contributed by atoms with Crippen LogP contribution >= 0.6 is 0 Å². The molecule has 0 saturated carbocycles. The van der Waals surface area contributed by atoms with E-state index in [0.29, 0.717) is 23.8 Å². The van der Waals surface area contributed by atoms with Gasteiger partial charge in [0.15, 0.2) is 0 Å². The van der Waals surface area contributed by atoms with Gasteiger partial charge in [0.2, 0.25) is 11.7 Å². The molecule has 2 aromatic carbocycles. The zero-order chi connectivity index (χ0) is 21.5. The molecule has 0 radical (unpaired) electrons. The molecule has 0 unspecified atom stereocenters. The zero-order valence-electron chi connectivity index (χ0n) is 17.6. The molecule has 1 fully saturated rings. The van der Waals surface area contributed by atoms with Gasteiger partial charge in [-0.1, -0.05) is 59.8 Å². The maximum absolute atomic E-state index is 11.5. The fourth-order valence-electron chi connectivity index (χ4n) is 3.53. The molecule has 0 amide bonds. The van der Waals surface area contributed by atoms with Crippen molar-refractivity contribution in [2.24, 2.45) is 0 Å². The molecular weight excluding hydrogens is 392 g/mol. The minimum absolute atomic E-state index is 0.366. The maximum atomic E-state index is 11.5. The lowest BCUT2D eigenvalue weighted by molar-refractivity contribution is 0.0600. The summed E-state index contributed by atoms with van der Waals surface area (Å²) in [5.74, 6) is 0.760. The molecule has 31 heavy (non-hydrogen) atoms. The van der Waals surface area contributed by atoms with Crippen LogP contribution in [-0.2, 0) is 11.3 Å². The second kappa shape index (κ2) is 10.1. The molecule has 3 aromatic rings. The fourth-order valence-corrected chi connectivity index (χ4v) is 3.53. The molecule has 160 valence electrons. The lowest BCUT2D eigenvalue weighted by Crippen LogP contribution is -2.45. The largest absolute Gasteiger partial charge is 0.465 e. The second-order valence-electron chi connectivity index (χ2n) is 7.47. The average Bonchev–Trinajstić information content (AvgIpc) is 3.29. The predicted molar refractivity (Wildman–Crippen MR) is 118 cm³/mol. The van der Waals surface area contributed by atoms with E-state index in [1.807, 2.05) is 6.07 Å². The molecule has 0 N–H and O–H groups in total. The van der Waals surface area contributed by atoms with Gasteiger partial charge >= 0.3 is 5.97 Å². The van der Waals surface area contributed by atoms with Gasteiger partial charge in [-0.3, -0.25) is 9.80 Å². The van der Waals surface area contributed by atoms with Crippen LogP contribution in [0.2, 0.25) is 0 Å². The molecule has 2 heterocycles. The van der Waals surface area contributed by atoms with Crippen LogP contribution in [0.3, 0.4) is 0 Å². The summed E-state index contributed by atoms with van der Waals surface area (Å²) in [6, 6.07) is 17.3. The SMILES string of the molecule is COC(=O)c1ccc(-c2noc(CN3CCN(C/C=C/c4ccccc4)CC3)n2)cc1. The van der Waals surface area contributed by atoms with Crippen LogP contribution in [0.5, 0.6) is 0 Å². The highest BCUT2D eigenvalue weighted by Gasteiger charge is 2.19. The Kier molecular flexibility index (Phi) is 6.86. The number of hydrogen-bond acceptors (Lipinski definition) is 7. The molecule has 1 aliphatic heterocycles. The summed E-state index contributed by atoms with van der Waals surface area (Å²) in [6.45, 7) is 5.54. The summed E-state index contributed by atoms with van der Waals surface area (Å²) in [4.78, 5) is 20.8. The lowest BCUT2D eigenvalue weighted by Gasteiger charge is -2.33. The molecule has 0 spiro atoms. The zero-order valence-corrected chi connectivity index (χ0v) is 17.6. The normalized spacial score (nSPS) is 15.4. The second-order valence-corrected chi connectivity index (χ2v) is 7.47. The van der Waals surface area contributed by atoms with Gasteiger partial charge in [0.1, 0.15) is 0 Å². The van der Waals surface area contributed by atoms with Gasteiger partial charge in [-0.2, -0.15) is 4.98 Å². The van der Waals surface area contributed by atoms with Gasteiger partial charge in [-0.25, -0.2) is 4.79 Å². The fraction of sp³-hybridized carbons (Fsp3) is 0.292. The van der Waals surface area contributed by atoms with Gasteiger partial charge in [0.25, 0.3) is 0 Å². The Morgan fingerprint density at radius 2 is 1.74 bits per heavy atom. The van der Waals surface area contributed by atoms with E-state index in [1.165, 1.54) is 12.7 Å². The summed E-state index contributed by atoms with van der Waals surface area (Å²) in [6.07, 6.45) is 4.39. The molecule has 1 aromatic heterocycles. The van der Waals surface area contributed by atoms with E-state index in [4.69, 9.17) is 9.26 Å². The van der Waals surface area contributed by atoms with Gasteiger partial charge in [-0.05, 0) is 17.7 Å². The van der Waals surface area contributed by atoms with Crippen molar-refractivity contribution in [2.75, 3.05) is 39.8 Å². The Labute approximate surface area is 181 Å². The van der Waals surface area contributed by atoms with E-state index >= 15 is 0 Å². The van der Waals surface area contributed by atoms with Crippen LogP contribution in [0.1, 0.15) is 21.8 Å². The minimum Gasteiger partial charge on any atom is -0.465 e. The molecule has 0 bridgehead atoms. The van der Waals surface area contributed by atoms with E-state index < -0.39 is 0 Å². The third-order valence-corrected chi connectivity index (χ3v) is 5.33. The highest BCUT2D eigenvalue weighted by molar-refractivity contribution is 5.89. The number of hydrogen-bond donors (Lipinski definition) is 0. The van der Waals surface area contributed by atoms with Crippen LogP contribution in [0.25, 0.3) is 17.5 Å². The van der Waals surface area contributed by atoms with Gasteiger partial charge in [0.05, 0.1) is 19.2 Å². The first-order valence-electron chi connectivity index (χ1n) is 10.4. The number of benzene rings is 2. The first-order chi connectivity index (χ1) is 15.2. The number of aromatic nitrogens is 2. The topological polar surface area (TPSA) is 71.7 Å². The number of carbonyl (C=O) groups is 1. The Bertz CT molecular complexity index is 1010. The van der Waals surface area contributed by atoms with Crippen LogP contribution in [0.4, 0.5) is 0 Å². The van der Waals surface area contributed by atoms with Crippen molar-refractivity contribution >= 4 is 12.0 Å². The van der Waals surface area contributed by atoms with E-state index in [9.17, 15) is 4.79 Å². The van der Waals surface area contributed by atoms with E-state index in [-0.39, 0.29) is 5.97 Å². The van der Waals surface area contributed by atoms with Crippen molar-refractivity contribution in [1.82, 2.24) is 19.9 Å². The van der Waals surface area contributed by atoms with E-state index in [0.717, 1.165) is 38.3 Å². The van der Waals surface area contributed by atoms with E-state index in [1.54, 1.807) is 24.3 Å². The lowest BCUT2D eigenvalue weighted by atomic mass is 10.1. The number of carbonyl (C=O) groups excluding carboxylic acids is 1. The van der Waals surface area contributed by atoms with Gasteiger partial charge < -0.3 is 9.26 Å². The molecule has 7 nitrogen and oxygen atoms in total. The highest BCUT2D eigenvalue weighted by Crippen LogP contribution is 2.18. The van der Waals surface area contributed by atoms with Crippen LogP contribution in [0, 0.1) is 0 Å². The van der Waals surface area contributed by atoms with Crippen LogP contribution < -0.4 is 0 Å². The molecular formula is C24H26N4O3. The van der Waals surface area contributed by atoms with Gasteiger partial charge in [0, 0.05) is 38.3 Å². The Balaban J connectivity index is 1.25. The summed E-state index contributed by atoms with van der Waals surface area (Å²) in [5, 5.41) is 4.08. The molecule has 7 heteroatoms. The molecule has 4 rings (SSSR count). The Hall–Kier alpha value is -3.29. The summed E-state index contributed by atoms with van der Waals surface area (Å²) >= 11 is 0. The van der Waals surface area contributed by atoms with Gasteiger partial charge in [-0.15, -0.1) is 0 Å². The quantitative estimate of drug-likeness (QED) is 0.545. The van der Waals surface area contributed by atoms with Crippen LogP contribution in [-0.4, -0.2) is 65.7 Å². The van der Waals surface area contributed by atoms with Crippen molar-refractivity contribution in [2.45, 2.75) is 6.54 Å². The monoisotopic (exact) mass is 418 g/mol. The minimum atomic E-state index is -0.366. The predicted octanol–water partition coefficient (Wildman–Crippen LogP) is 3.35. The molecule has 0 aliphatic carbocycles. The summed E-state index contributed by atoms with van der Waals surface area (Å²) in [5.41, 5.74) is 2.53. The highest BCUT2D eigenvalue weighted by atomic mass is 16.5. The first-order valence-corrected chi connectivity index (χ1v) is 10.4.